The van der Waals surface area contributed by atoms with E-state index in [1.807, 2.05) is 6.07 Å². The van der Waals surface area contributed by atoms with Crippen molar-refractivity contribution in [1.82, 2.24) is 14.8 Å². The van der Waals surface area contributed by atoms with Gasteiger partial charge in [-0.15, -0.1) is 0 Å². The fourth-order valence-corrected chi connectivity index (χ4v) is 5.34. The molecule has 3 aromatic rings. The largest absolute Gasteiger partial charge is 0.346 e. The van der Waals surface area contributed by atoms with Crippen LogP contribution in [0.25, 0.3) is 16.3 Å². The molecule has 0 radical (unpaired) electrons. The van der Waals surface area contributed by atoms with Crippen LogP contribution in [-0.4, -0.2) is 66.5 Å². The van der Waals surface area contributed by atoms with Crippen molar-refractivity contribution in [2.75, 3.05) is 50.7 Å². The summed E-state index contributed by atoms with van der Waals surface area (Å²) in [5, 5.41) is 1.04. The Morgan fingerprint density at radius 1 is 1.10 bits per heavy atom. The molecular formula is C25H28N4OS. The Kier molecular flexibility index (Phi) is 5.74. The summed E-state index contributed by atoms with van der Waals surface area (Å²) in [5.74, 6) is 0.422. The number of fused-ring (bicyclic) bond motifs is 1. The molecule has 2 aromatic carbocycles. The van der Waals surface area contributed by atoms with Gasteiger partial charge in [0.2, 0.25) is 5.91 Å². The van der Waals surface area contributed by atoms with Crippen LogP contribution in [0.5, 0.6) is 0 Å². The van der Waals surface area contributed by atoms with Crippen LogP contribution in [-0.2, 0) is 4.79 Å². The lowest BCUT2D eigenvalue weighted by molar-refractivity contribution is -0.138. The van der Waals surface area contributed by atoms with Crippen LogP contribution in [0, 0.1) is 12.8 Å². The Bertz CT molecular complexity index is 1080. The van der Waals surface area contributed by atoms with Gasteiger partial charge in [0, 0.05) is 45.8 Å². The van der Waals surface area contributed by atoms with Crippen LogP contribution in [0.2, 0.25) is 0 Å². The fourth-order valence-electron chi connectivity index (χ4n) is 4.26. The highest BCUT2D eigenvalue weighted by molar-refractivity contribution is 7.22. The molecule has 0 N–H and O–H groups in total. The Morgan fingerprint density at radius 3 is 2.65 bits per heavy atom. The van der Waals surface area contributed by atoms with E-state index in [2.05, 4.69) is 76.2 Å². The molecule has 0 aliphatic carbocycles. The van der Waals surface area contributed by atoms with Gasteiger partial charge < -0.3 is 9.80 Å². The number of rotatable bonds is 5. The van der Waals surface area contributed by atoms with Crippen LogP contribution < -0.4 is 4.90 Å². The van der Waals surface area contributed by atoms with Gasteiger partial charge >= 0.3 is 0 Å². The van der Waals surface area contributed by atoms with Crippen molar-refractivity contribution in [2.24, 2.45) is 5.92 Å². The number of hydrogen-bond donors (Lipinski definition) is 0. The highest BCUT2D eigenvalue weighted by atomic mass is 32.1. The SMILES string of the molecule is Cc1ccc2nc(N3CC(C(=O)N4CCN(C/C=C/c5ccccc5)CC4)C3)sc2c1. The molecule has 1 aromatic heterocycles. The lowest BCUT2D eigenvalue weighted by Gasteiger charge is -2.42. The Hall–Kier alpha value is -2.70. The van der Waals surface area contributed by atoms with E-state index < -0.39 is 0 Å². The average Bonchev–Trinajstić information content (AvgIpc) is 3.16. The van der Waals surface area contributed by atoms with Crippen molar-refractivity contribution in [3.63, 3.8) is 0 Å². The smallest absolute Gasteiger partial charge is 0.229 e. The fraction of sp³-hybridized carbons (Fsp3) is 0.360. The number of nitrogens with zero attached hydrogens (tertiary/aromatic N) is 4. The van der Waals surface area contributed by atoms with Crippen molar-refractivity contribution < 1.29 is 4.79 Å². The first kappa shape index (κ1) is 20.2. The first-order chi connectivity index (χ1) is 15.2. The summed E-state index contributed by atoms with van der Waals surface area (Å²) in [6.07, 6.45) is 4.39. The van der Waals surface area contributed by atoms with Crippen molar-refractivity contribution >= 4 is 38.7 Å². The summed E-state index contributed by atoms with van der Waals surface area (Å²) in [6.45, 7) is 8.16. The zero-order valence-electron chi connectivity index (χ0n) is 17.9. The molecule has 2 fully saturated rings. The lowest BCUT2D eigenvalue weighted by atomic mass is 9.99. The number of carbonyl (C=O) groups excluding carboxylic acids is 1. The summed E-state index contributed by atoms with van der Waals surface area (Å²) >= 11 is 1.73. The van der Waals surface area contributed by atoms with Crippen molar-refractivity contribution in [2.45, 2.75) is 6.92 Å². The van der Waals surface area contributed by atoms with Crippen LogP contribution in [0.1, 0.15) is 11.1 Å². The molecule has 6 heteroatoms. The maximum absolute atomic E-state index is 12.9. The second-order valence-corrected chi connectivity index (χ2v) is 9.52. The van der Waals surface area contributed by atoms with Gasteiger partial charge in [-0.05, 0) is 30.2 Å². The lowest BCUT2D eigenvalue weighted by Crippen LogP contribution is -2.58. The molecule has 31 heavy (non-hydrogen) atoms. The molecule has 3 heterocycles. The number of thiazole rings is 1. The first-order valence-corrected chi connectivity index (χ1v) is 11.8. The molecule has 5 rings (SSSR count). The highest BCUT2D eigenvalue weighted by Gasteiger charge is 2.37. The van der Waals surface area contributed by atoms with Crippen LogP contribution in [0.15, 0.2) is 54.6 Å². The maximum atomic E-state index is 12.9. The van der Waals surface area contributed by atoms with Crippen LogP contribution >= 0.6 is 11.3 Å². The van der Waals surface area contributed by atoms with Gasteiger partial charge in [0.05, 0.1) is 16.1 Å². The van der Waals surface area contributed by atoms with Crippen LogP contribution in [0.4, 0.5) is 5.13 Å². The number of benzene rings is 2. The van der Waals surface area contributed by atoms with Gasteiger partial charge in [0.1, 0.15) is 0 Å². The standard InChI is InChI=1S/C25H28N4OS/c1-19-9-10-22-23(16-19)31-25(26-22)29-17-21(18-29)24(30)28-14-12-27(13-15-28)11-5-8-20-6-3-2-4-7-20/h2-10,16,21H,11-15,17-18H2,1H3/b8-5+. The summed E-state index contributed by atoms with van der Waals surface area (Å²) < 4.78 is 1.22. The minimum atomic E-state index is 0.110. The Morgan fingerprint density at radius 2 is 1.87 bits per heavy atom. The van der Waals surface area contributed by atoms with Gasteiger partial charge in [-0.25, -0.2) is 4.98 Å². The molecule has 2 saturated heterocycles. The van der Waals surface area contributed by atoms with E-state index in [-0.39, 0.29) is 5.92 Å². The topological polar surface area (TPSA) is 39.7 Å². The zero-order valence-corrected chi connectivity index (χ0v) is 18.7. The molecular weight excluding hydrogens is 404 g/mol. The maximum Gasteiger partial charge on any atom is 0.229 e. The Labute approximate surface area is 187 Å². The normalized spacial score (nSPS) is 18.1. The van der Waals surface area contributed by atoms with Crippen molar-refractivity contribution in [3.05, 3.63) is 65.7 Å². The molecule has 0 spiro atoms. The van der Waals surface area contributed by atoms with Crippen LogP contribution in [0.3, 0.4) is 0 Å². The summed E-state index contributed by atoms with van der Waals surface area (Å²) in [4.78, 5) is 24.4. The zero-order chi connectivity index (χ0) is 21.2. The van der Waals surface area contributed by atoms with Gasteiger partial charge in [-0.3, -0.25) is 9.69 Å². The number of aryl methyl sites for hydroxylation is 1. The van der Waals surface area contributed by atoms with E-state index in [0.717, 1.165) is 56.5 Å². The highest BCUT2D eigenvalue weighted by Crippen LogP contribution is 2.33. The minimum absolute atomic E-state index is 0.110. The van der Waals surface area contributed by atoms with Gasteiger partial charge in [-0.1, -0.05) is 59.9 Å². The minimum Gasteiger partial charge on any atom is -0.346 e. The molecule has 160 valence electrons. The Balaban J connectivity index is 1.08. The number of anilines is 1. The molecule has 2 aliphatic heterocycles. The predicted octanol–water partition coefficient (Wildman–Crippen LogP) is 3.90. The number of amides is 1. The van der Waals surface area contributed by atoms with E-state index in [4.69, 9.17) is 4.98 Å². The van der Waals surface area contributed by atoms with E-state index in [9.17, 15) is 4.79 Å². The van der Waals surface area contributed by atoms with E-state index in [1.165, 1.54) is 15.8 Å². The third-order valence-electron chi connectivity index (χ3n) is 6.19. The quantitative estimate of drug-likeness (QED) is 0.613. The summed E-state index contributed by atoms with van der Waals surface area (Å²) in [6, 6.07) is 16.8. The van der Waals surface area contributed by atoms with Gasteiger partial charge in [0.25, 0.3) is 0 Å². The summed E-state index contributed by atoms with van der Waals surface area (Å²) in [5.41, 5.74) is 3.54. The third-order valence-corrected chi connectivity index (χ3v) is 7.27. The number of piperazine rings is 1. The molecule has 0 unspecified atom stereocenters. The predicted molar refractivity (Wildman–Crippen MR) is 129 cm³/mol. The van der Waals surface area contributed by atoms with Gasteiger partial charge in [0.15, 0.2) is 5.13 Å². The molecule has 0 bridgehead atoms. The molecule has 0 atom stereocenters. The molecule has 0 saturated carbocycles. The van der Waals surface area contributed by atoms with E-state index >= 15 is 0 Å². The number of carbonyl (C=O) groups is 1. The van der Waals surface area contributed by atoms with E-state index in [1.54, 1.807) is 11.3 Å². The van der Waals surface area contributed by atoms with Crippen molar-refractivity contribution in [3.8, 4) is 0 Å². The first-order valence-electron chi connectivity index (χ1n) is 11.0. The third kappa shape index (κ3) is 4.50. The molecule has 1 amide bonds. The second-order valence-electron chi connectivity index (χ2n) is 8.51. The monoisotopic (exact) mass is 432 g/mol. The molecule has 5 nitrogen and oxygen atoms in total. The van der Waals surface area contributed by atoms with Gasteiger partial charge in [-0.2, -0.15) is 0 Å². The average molecular weight is 433 g/mol. The number of hydrogen-bond acceptors (Lipinski definition) is 5. The number of aromatic nitrogens is 1. The summed E-state index contributed by atoms with van der Waals surface area (Å²) in [7, 11) is 0. The molecule has 2 aliphatic rings. The van der Waals surface area contributed by atoms with E-state index in [0.29, 0.717) is 5.91 Å². The van der Waals surface area contributed by atoms with Crippen molar-refractivity contribution in [1.29, 1.82) is 0 Å². The second kappa shape index (κ2) is 8.81.